The normalized spacial score (nSPS) is 26.1. The summed E-state index contributed by atoms with van der Waals surface area (Å²) in [5.41, 5.74) is -0.809. The summed E-state index contributed by atoms with van der Waals surface area (Å²) in [5.74, 6) is 0.502. The molecule has 2 unspecified atom stereocenters. The molecule has 0 bridgehead atoms. The lowest BCUT2D eigenvalue weighted by Gasteiger charge is -2.41. The van der Waals surface area contributed by atoms with Gasteiger partial charge in [0.2, 0.25) is 11.8 Å². The van der Waals surface area contributed by atoms with Gasteiger partial charge in [0.25, 0.3) is 0 Å². The highest BCUT2D eigenvalue weighted by molar-refractivity contribution is 5.97. The molecule has 2 heterocycles. The number of nitrogens with zero attached hydrogens (tertiary/aromatic N) is 1. The van der Waals surface area contributed by atoms with E-state index < -0.39 is 5.54 Å². The maximum absolute atomic E-state index is 12.4. The molecular formula is C13H18N2O3. The van der Waals surface area contributed by atoms with Crippen LogP contribution in [-0.4, -0.2) is 28.8 Å². The number of amides is 2. The molecular weight excluding hydrogens is 232 g/mol. The fraction of sp³-hybridized carbons (Fsp3) is 0.538. The first-order valence-corrected chi connectivity index (χ1v) is 6.13. The predicted molar refractivity (Wildman–Crippen MR) is 65.7 cm³/mol. The standard InChI is InChI=1S/C13H18N2O3/c1-4-13(3)12(17)15(8-11(16)14-13)9(2)10-6-5-7-18-10/h5-7,9H,4,8H2,1-3H3,(H,14,16). The van der Waals surface area contributed by atoms with Crippen molar-refractivity contribution in [1.29, 1.82) is 0 Å². The Bertz CT molecular complexity index is 455. The van der Waals surface area contributed by atoms with Crippen LogP contribution in [-0.2, 0) is 9.59 Å². The molecule has 5 nitrogen and oxygen atoms in total. The first-order valence-electron chi connectivity index (χ1n) is 6.13. The van der Waals surface area contributed by atoms with Crippen molar-refractivity contribution in [3.05, 3.63) is 24.2 Å². The topological polar surface area (TPSA) is 62.6 Å². The number of nitrogens with one attached hydrogen (secondary N) is 1. The number of carbonyl (C=O) groups is 2. The molecule has 1 aromatic rings. The summed E-state index contributed by atoms with van der Waals surface area (Å²) in [6.07, 6.45) is 2.14. The van der Waals surface area contributed by atoms with Crippen molar-refractivity contribution in [2.75, 3.05) is 6.54 Å². The summed E-state index contributed by atoms with van der Waals surface area (Å²) in [7, 11) is 0. The van der Waals surface area contributed by atoms with Gasteiger partial charge in [0.05, 0.1) is 12.3 Å². The Hall–Kier alpha value is -1.78. The fourth-order valence-electron chi connectivity index (χ4n) is 2.18. The molecule has 1 fully saturated rings. The van der Waals surface area contributed by atoms with Crippen molar-refractivity contribution < 1.29 is 14.0 Å². The number of hydrogen-bond acceptors (Lipinski definition) is 3. The Morgan fingerprint density at radius 2 is 2.28 bits per heavy atom. The number of furan rings is 1. The zero-order valence-electron chi connectivity index (χ0n) is 10.9. The van der Waals surface area contributed by atoms with Crippen molar-refractivity contribution in [3.8, 4) is 0 Å². The molecule has 0 aliphatic carbocycles. The van der Waals surface area contributed by atoms with E-state index in [1.54, 1.807) is 24.2 Å². The van der Waals surface area contributed by atoms with E-state index in [0.29, 0.717) is 12.2 Å². The maximum Gasteiger partial charge on any atom is 0.249 e. The number of rotatable bonds is 3. The average Bonchev–Trinajstić information content (AvgIpc) is 2.86. The van der Waals surface area contributed by atoms with E-state index in [4.69, 9.17) is 4.42 Å². The van der Waals surface area contributed by atoms with Crippen molar-refractivity contribution >= 4 is 11.8 Å². The molecule has 0 saturated carbocycles. The molecule has 0 spiro atoms. The molecule has 1 aromatic heterocycles. The Morgan fingerprint density at radius 3 is 2.83 bits per heavy atom. The number of carbonyl (C=O) groups excluding carboxylic acids is 2. The van der Waals surface area contributed by atoms with E-state index in [1.165, 1.54) is 0 Å². The summed E-state index contributed by atoms with van der Waals surface area (Å²) < 4.78 is 5.31. The van der Waals surface area contributed by atoms with Crippen LogP contribution in [0.4, 0.5) is 0 Å². The van der Waals surface area contributed by atoms with Crippen LogP contribution >= 0.6 is 0 Å². The van der Waals surface area contributed by atoms with Gasteiger partial charge in [0.1, 0.15) is 17.8 Å². The molecule has 2 rings (SSSR count). The van der Waals surface area contributed by atoms with E-state index in [0.717, 1.165) is 0 Å². The Morgan fingerprint density at radius 1 is 1.56 bits per heavy atom. The van der Waals surface area contributed by atoms with E-state index in [1.807, 2.05) is 19.9 Å². The Kier molecular flexibility index (Phi) is 3.15. The minimum Gasteiger partial charge on any atom is -0.467 e. The minimum absolute atomic E-state index is 0.0616. The summed E-state index contributed by atoms with van der Waals surface area (Å²) >= 11 is 0. The Balaban J connectivity index is 2.27. The van der Waals surface area contributed by atoms with Crippen LogP contribution in [0, 0.1) is 0 Å². The van der Waals surface area contributed by atoms with Gasteiger partial charge in [-0.05, 0) is 32.4 Å². The van der Waals surface area contributed by atoms with Crippen LogP contribution < -0.4 is 5.32 Å². The summed E-state index contributed by atoms with van der Waals surface area (Å²) in [6.45, 7) is 5.59. The smallest absolute Gasteiger partial charge is 0.249 e. The second-order valence-corrected chi connectivity index (χ2v) is 4.86. The van der Waals surface area contributed by atoms with Gasteiger partial charge in [-0.2, -0.15) is 0 Å². The lowest BCUT2D eigenvalue weighted by atomic mass is 9.93. The van der Waals surface area contributed by atoms with Gasteiger partial charge < -0.3 is 14.6 Å². The van der Waals surface area contributed by atoms with Crippen LogP contribution in [0.5, 0.6) is 0 Å². The van der Waals surface area contributed by atoms with Crippen molar-refractivity contribution in [2.45, 2.75) is 38.8 Å². The van der Waals surface area contributed by atoms with Crippen molar-refractivity contribution in [1.82, 2.24) is 10.2 Å². The molecule has 1 aliphatic heterocycles. The van der Waals surface area contributed by atoms with Crippen LogP contribution in [0.25, 0.3) is 0 Å². The molecule has 5 heteroatoms. The highest BCUT2D eigenvalue weighted by atomic mass is 16.3. The van der Waals surface area contributed by atoms with Gasteiger partial charge in [-0.3, -0.25) is 9.59 Å². The second kappa shape index (κ2) is 4.48. The lowest BCUT2D eigenvalue weighted by Crippen LogP contribution is -2.65. The van der Waals surface area contributed by atoms with Gasteiger partial charge in [-0.15, -0.1) is 0 Å². The average molecular weight is 250 g/mol. The number of hydrogen-bond donors (Lipinski definition) is 1. The third-order valence-corrected chi connectivity index (χ3v) is 3.59. The highest BCUT2D eigenvalue weighted by Gasteiger charge is 2.43. The minimum atomic E-state index is -0.809. The van der Waals surface area contributed by atoms with E-state index in [-0.39, 0.29) is 24.4 Å². The van der Waals surface area contributed by atoms with Gasteiger partial charge in [0, 0.05) is 0 Å². The molecule has 2 amide bonds. The van der Waals surface area contributed by atoms with Gasteiger partial charge in [0.15, 0.2) is 0 Å². The van der Waals surface area contributed by atoms with Crippen molar-refractivity contribution in [3.63, 3.8) is 0 Å². The zero-order chi connectivity index (χ0) is 13.3. The molecule has 0 aromatic carbocycles. The van der Waals surface area contributed by atoms with Crippen molar-refractivity contribution in [2.24, 2.45) is 0 Å². The van der Waals surface area contributed by atoms with E-state index in [9.17, 15) is 9.59 Å². The number of piperazine rings is 1. The largest absolute Gasteiger partial charge is 0.467 e. The third-order valence-electron chi connectivity index (χ3n) is 3.59. The van der Waals surface area contributed by atoms with Crippen LogP contribution in [0.3, 0.4) is 0 Å². The van der Waals surface area contributed by atoms with E-state index in [2.05, 4.69) is 5.32 Å². The maximum atomic E-state index is 12.4. The monoisotopic (exact) mass is 250 g/mol. The van der Waals surface area contributed by atoms with Crippen LogP contribution in [0.15, 0.2) is 22.8 Å². The first kappa shape index (κ1) is 12.7. The fourth-order valence-corrected chi connectivity index (χ4v) is 2.18. The molecule has 1 saturated heterocycles. The molecule has 1 aliphatic rings. The third kappa shape index (κ3) is 2.00. The zero-order valence-corrected chi connectivity index (χ0v) is 10.9. The second-order valence-electron chi connectivity index (χ2n) is 4.86. The van der Waals surface area contributed by atoms with Crippen LogP contribution in [0.2, 0.25) is 0 Å². The highest BCUT2D eigenvalue weighted by Crippen LogP contribution is 2.27. The van der Waals surface area contributed by atoms with E-state index >= 15 is 0 Å². The summed E-state index contributed by atoms with van der Waals surface area (Å²) in [6, 6.07) is 3.36. The molecule has 1 N–H and O–H groups in total. The Labute approximate surface area is 106 Å². The van der Waals surface area contributed by atoms with Gasteiger partial charge >= 0.3 is 0 Å². The summed E-state index contributed by atoms with van der Waals surface area (Å²) in [5, 5.41) is 2.76. The molecule has 18 heavy (non-hydrogen) atoms. The molecule has 0 radical (unpaired) electrons. The van der Waals surface area contributed by atoms with Crippen LogP contribution in [0.1, 0.15) is 39.0 Å². The summed E-state index contributed by atoms with van der Waals surface area (Å²) in [4.78, 5) is 25.7. The predicted octanol–water partition coefficient (Wildman–Crippen LogP) is 1.47. The molecule has 2 atom stereocenters. The quantitative estimate of drug-likeness (QED) is 0.883. The van der Waals surface area contributed by atoms with Gasteiger partial charge in [-0.1, -0.05) is 6.92 Å². The SMILES string of the molecule is CCC1(C)NC(=O)CN(C(C)c2ccco2)C1=O. The lowest BCUT2D eigenvalue weighted by molar-refractivity contribution is -0.152. The first-order chi connectivity index (χ1) is 8.48. The van der Waals surface area contributed by atoms with Gasteiger partial charge in [-0.25, -0.2) is 0 Å². The molecule has 98 valence electrons.